The molecule has 0 N–H and O–H groups in total. The van der Waals surface area contributed by atoms with E-state index in [1.165, 1.54) is 6.33 Å². The summed E-state index contributed by atoms with van der Waals surface area (Å²) in [6.07, 6.45) is 3.67. The highest BCUT2D eigenvalue weighted by atomic mass is 19.1. The zero-order chi connectivity index (χ0) is 19.5. The molecule has 0 aromatic carbocycles. The molecule has 0 bridgehead atoms. The Hall–Kier alpha value is -2.55. The molecule has 150 valence electrons. The van der Waals surface area contributed by atoms with Crippen LogP contribution in [0.5, 0.6) is 0 Å². The highest BCUT2D eigenvalue weighted by Gasteiger charge is 2.24. The van der Waals surface area contributed by atoms with Gasteiger partial charge in [-0.15, -0.1) is 0 Å². The van der Waals surface area contributed by atoms with Crippen molar-refractivity contribution in [2.24, 2.45) is 0 Å². The van der Waals surface area contributed by atoms with Gasteiger partial charge in [0.1, 0.15) is 24.3 Å². The molecule has 4 rings (SSSR count). The average Bonchev–Trinajstić information content (AvgIpc) is 2.75. The van der Waals surface area contributed by atoms with E-state index in [1.807, 2.05) is 11.8 Å². The van der Waals surface area contributed by atoms with E-state index >= 15 is 0 Å². The Kier molecular flexibility index (Phi) is 5.52. The van der Waals surface area contributed by atoms with Crippen molar-refractivity contribution in [1.29, 1.82) is 0 Å². The highest BCUT2D eigenvalue weighted by Crippen LogP contribution is 2.23. The van der Waals surface area contributed by atoms with Gasteiger partial charge in [0.2, 0.25) is 0 Å². The first-order chi connectivity index (χ1) is 13.7. The highest BCUT2D eigenvalue weighted by molar-refractivity contribution is 5.52. The van der Waals surface area contributed by atoms with Gasteiger partial charge in [-0.1, -0.05) is 6.92 Å². The number of anilines is 3. The van der Waals surface area contributed by atoms with Crippen molar-refractivity contribution < 1.29 is 4.39 Å². The SMILES string of the molecule is CCc1ncnc(N2CCN(c3cc(N4CCN(C)CC4)ncn3)CC2)c1F. The van der Waals surface area contributed by atoms with E-state index in [0.29, 0.717) is 31.0 Å². The smallest absolute Gasteiger partial charge is 0.187 e. The van der Waals surface area contributed by atoms with Crippen molar-refractivity contribution in [3.8, 4) is 0 Å². The van der Waals surface area contributed by atoms with E-state index in [1.54, 1.807) is 6.33 Å². The Bertz CT molecular complexity index is 800. The lowest BCUT2D eigenvalue weighted by molar-refractivity contribution is 0.312. The average molecular weight is 386 g/mol. The molecule has 4 heterocycles. The van der Waals surface area contributed by atoms with E-state index in [2.05, 4.69) is 47.7 Å². The van der Waals surface area contributed by atoms with E-state index in [9.17, 15) is 4.39 Å². The van der Waals surface area contributed by atoms with Gasteiger partial charge in [-0.2, -0.15) is 0 Å². The molecule has 0 radical (unpaired) electrons. The van der Waals surface area contributed by atoms with Gasteiger partial charge in [0.05, 0.1) is 5.69 Å². The Morgan fingerprint density at radius 1 is 0.786 bits per heavy atom. The van der Waals surface area contributed by atoms with Crippen LogP contribution in [0.1, 0.15) is 12.6 Å². The summed E-state index contributed by atoms with van der Waals surface area (Å²) in [7, 11) is 2.15. The first-order valence-electron chi connectivity index (χ1n) is 9.90. The minimum Gasteiger partial charge on any atom is -0.354 e. The summed E-state index contributed by atoms with van der Waals surface area (Å²) in [5, 5.41) is 0. The Morgan fingerprint density at radius 3 is 1.93 bits per heavy atom. The fourth-order valence-corrected chi connectivity index (χ4v) is 3.73. The molecule has 2 aliphatic heterocycles. The number of piperazine rings is 2. The second kappa shape index (κ2) is 8.22. The van der Waals surface area contributed by atoms with Crippen LogP contribution in [0.2, 0.25) is 0 Å². The fraction of sp³-hybridized carbons (Fsp3) is 0.579. The first-order valence-corrected chi connectivity index (χ1v) is 9.90. The molecule has 9 heteroatoms. The summed E-state index contributed by atoms with van der Waals surface area (Å²) in [4.78, 5) is 26.0. The predicted octanol–water partition coefficient (Wildman–Crippen LogP) is 1.05. The van der Waals surface area contributed by atoms with Gasteiger partial charge < -0.3 is 19.6 Å². The van der Waals surface area contributed by atoms with Crippen molar-refractivity contribution in [2.75, 3.05) is 74.1 Å². The van der Waals surface area contributed by atoms with Gasteiger partial charge in [0, 0.05) is 58.4 Å². The molecule has 0 atom stereocenters. The molecule has 0 amide bonds. The predicted molar refractivity (Wildman–Crippen MR) is 108 cm³/mol. The van der Waals surface area contributed by atoms with Crippen LogP contribution in [0, 0.1) is 5.82 Å². The lowest BCUT2D eigenvalue weighted by Gasteiger charge is -2.37. The van der Waals surface area contributed by atoms with Crippen molar-refractivity contribution in [1.82, 2.24) is 24.8 Å². The summed E-state index contributed by atoms with van der Waals surface area (Å²) < 4.78 is 14.6. The molecule has 0 spiro atoms. The maximum absolute atomic E-state index is 14.6. The number of likely N-dealkylation sites (N-methyl/N-ethyl adjacent to an activating group) is 1. The number of aromatic nitrogens is 4. The lowest BCUT2D eigenvalue weighted by atomic mass is 10.2. The van der Waals surface area contributed by atoms with Gasteiger partial charge in [0.15, 0.2) is 11.6 Å². The minimum atomic E-state index is -0.294. The number of nitrogens with zero attached hydrogens (tertiary/aromatic N) is 8. The van der Waals surface area contributed by atoms with E-state index in [0.717, 1.165) is 50.9 Å². The van der Waals surface area contributed by atoms with Gasteiger partial charge in [-0.25, -0.2) is 24.3 Å². The molecule has 0 saturated carbocycles. The lowest BCUT2D eigenvalue weighted by Crippen LogP contribution is -2.48. The van der Waals surface area contributed by atoms with Crippen LogP contribution in [0.4, 0.5) is 21.8 Å². The molecule has 0 unspecified atom stereocenters. The molecule has 0 aliphatic carbocycles. The maximum atomic E-state index is 14.6. The van der Waals surface area contributed by atoms with E-state index in [4.69, 9.17) is 0 Å². The minimum absolute atomic E-state index is 0.294. The van der Waals surface area contributed by atoms with Crippen LogP contribution >= 0.6 is 0 Å². The third-order valence-electron chi connectivity index (χ3n) is 5.55. The largest absolute Gasteiger partial charge is 0.354 e. The zero-order valence-corrected chi connectivity index (χ0v) is 16.6. The second-order valence-electron chi connectivity index (χ2n) is 7.31. The molecule has 2 fully saturated rings. The van der Waals surface area contributed by atoms with E-state index < -0.39 is 0 Å². The normalized spacial score (nSPS) is 18.6. The summed E-state index contributed by atoms with van der Waals surface area (Å²) in [5.74, 6) is 2.03. The number of rotatable bonds is 4. The summed E-state index contributed by atoms with van der Waals surface area (Å²) in [5.41, 5.74) is 0.472. The molecule has 2 saturated heterocycles. The third-order valence-corrected chi connectivity index (χ3v) is 5.55. The van der Waals surface area contributed by atoms with E-state index in [-0.39, 0.29) is 5.82 Å². The number of hydrogen-bond acceptors (Lipinski definition) is 8. The second-order valence-corrected chi connectivity index (χ2v) is 7.31. The third kappa shape index (κ3) is 3.84. The maximum Gasteiger partial charge on any atom is 0.187 e. The molecular weight excluding hydrogens is 359 g/mol. The van der Waals surface area contributed by atoms with Crippen LogP contribution < -0.4 is 14.7 Å². The van der Waals surface area contributed by atoms with Crippen molar-refractivity contribution in [2.45, 2.75) is 13.3 Å². The van der Waals surface area contributed by atoms with Gasteiger partial charge >= 0.3 is 0 Å². The van der Waals surface area contributed by atoms with Crippen LogP contribution in [-0.2, 0) is 6.42 Å². The Labute approximate surface area is 165 Å². The van der Waals surface area contributed by atoms with Gasteiger partial charge in [-0.3, -0.25) is 0 Å². The van der Waals surface area contributed by atoms with Crippen LogP contribution in [0.15, 0.2) is 18.7 Å². The molecule has 2 aromatic rings. The zero-order valence-electron chi connectivity index (χ0n) is 16.6. The summed E-state index contributed by atoms with van der Waals surface area (Å²) in [6.45, 7) is 8.88. The Morgan fingerprint density at radius 2 is 1.32 bits per heavy atom. The molecule has 2 aromatic heterocycles. The first kappa shape index (κ1) is 18.8. The number of hydrogen-bond donors (Lipinski definition) is 0. The summed E-state index contributed by atoms with van der Waals surface area (Å²) >= 11 is 0. The standard InChI is InChI=1S/C19H27FN8/c1-3-15-18(20)19(24-13-21-15)28-10-8-27(9-11-28)17-12-16(22-14-23-17)26-6-4-25(2)5-7-26/h12-14H,3-11H2,1-2H3. The Balaban J connectivity index is 1.42. The van der Waals surface area contributed by atoms with Crippen molar-refractivity contribution >= 4 is 17.5 Å². The monoisotopic (exact) mass is 386 g/mol. The van der Waals surface area contributed by atoms with Gasteiger partial charge in [-0.05, 0) is 13.5 Å². The van der Waals surface area contributed by atoms with Crippen LogP contribution in [0.3, 0.4) is 0 Å². The van der Waals surface area contributed by atoms with Gasteiger partial charge in [0.25, 0.3) is 0 Å². The topological polar surface area (TPSA) is 64.5 Å². The van der Waals surface area contributed by atoms with Crippen molar-refractivity contribution in [3.63, 3.8) is 0 Å². The fourth-order valence-electron chi connectivity index (χ4n) is 3.73. The van der Waals surface area contributed by atoms with Crippen molar-refractivity contribution in [3.05, 3.63) is 30.2 Å². The summed E-state index contributed by atoms with van der Waals surface area (Å²) in [6, 6.07) is 2.07. The van der Waals surface area contributed by atoms with Crippen LogP contribution in [0.25, 0.3) is 0 Å². The number of aryl methyl sites for hydroxylation is 1. The molecule has 28 heavy (non-hydrogen) atoms. The number of halogens is 1. The molecular formula is C19H27FN8. The quantitative estimate of drug-likeness (QED) is 0.773. The molecule has 2 aliphatic rings. The van der Waals surface area contributed by atoms with Crippen LogP contribution in [-0.4, -0.2) is 84.2 Å². The molecule has 8 nitrogen and oxygen atoms in total.